The predicted octanol–water partition coefficient (Wildman–Crippen LogP) is 2.08. The van der Waals surface area contributed by atoms with E-state index in [-0.39, 0.29) is 6.09 Å². The summed E-state index contributed by atoms with van der Waals surface area (Å²) < 4.78 is 5.37. The lowest BCUT2D eigenvalue weighted by Crippen LogP contribution is -2.33. The first-order valence-electron chi connectivity index (χ1n) is 6.32. The zero-order valence-electron chi connectivity index (χ0n) is 12.1. The molecule has 0 aliphatic carbocycles. The molecule has 1 amide bonds. The number of nitrogens with zero attached hydrogens (tertiary/aromatic N) is 3. The minimum Gasteiger partial charge on any atom is -0.444 e. The van der Waals surface area contributed by atoms with Crippen molar-refractivity contribution in [1.82, 2.24) is 14.9 Å². The number of carbonyl (C=O) groups excluding carboxylic acids is 1. The third kappa shape index (κ3) is 2.94. The molecule has 0 aromatic carbocycles. The van der Waals surface area contributed by atoms with Crippen LogP contribution >= 0.6 is 0 Å². The monoisotopic (exact) mass is 264 g/mol. The molecule has 0 saturated heterocycles. The minimum atomic E-state index is -0.487. The van der Waals surface area contributed by atoms with Crippen molar-refractivity contribution in [2.75, 3.05) is 12.4 Å². The van der Waals surface area contributed by atoms with Gasteiger partial charge in [-0.15, -0.1) is 0 Å². The molecule has 19 heavy (non-hydrogen) atoms. The Balaban J connectivity index is 2.18. The van der Waals surface area contributed by atoms with Crippen LogP contribution in [-0.2, 0) is 17.8 Å². The molecule has 0 radical (unpaired) electrons. The second kappa shape index (κ2) is 4.68. The fourth-order valence-corrected chi connectivity index (χ4v) is 2.04. The van der Waals surface area contributed by atoms with E-state index in [0.29, 0.717) is 18.9 Å². The van der Waals surface area contributed by atoms with Gasteiger partial charge in [0.15, 0.2) is 0 Å². The Labute approximate surface area is 113 Å². The summed E-state index contributed by atoms with van der Waals surface area (Å²) in [5, 5.41) is 3.05. The fraction of sp³-hybridized carbons (Fsp3) is 0.615. The zero-order chi connectivity index (χ0) is 14.2. The summed E-state index contributed by atoms with van der Waals surface area (Å²) in [5.74, 6) is 1.49. The Morgan fingerprint density at radius 3 is 2.58 bits per heavy atom. The lowest BCUT2D eigenvalue weighted by molar-refractivity contribution is 0.0241. The fourth-order valence-electron chi connectivity index (χ4n) is 2.04. The van der Waals surface area contributed by atoms with Crippen molar-refractivity contribution in [2.45, 2.75) is 46.4 Å². The number of amides is 1. The van der Waals surface area contributed by atoms with Gasteiger partial charge in [-0.25, -0.2) is 14.8 Å². The van der Waals surface area contributed by atoms with Crippen molar-refractivity contribution in [2.24, 2.45) is 0 Å². The van der Waals surface area contributed by atoms with Gasteiger partial charge >= 0.3 is 6.09 Å². The van der Waals surface area contributed by atoms with Crippen LogP contribution in [0.2, 0.25) is 0 Å². The highest BCUT2D eigenvalue weighted by atomic mass is 16.6. The number of anilines is 1. The molecule has 0 spiro atoms. The highest BCUT2D eigenvalue weighted by molar-refractivity contribution is 5.70. The molecule has 0 unspecified atom stereocenters. The van der Waals surface area contributed by atoms with Gasteiger partial charge in [0.2, 0.25) is 0 Å². The number of hydrogen-bond donors (Lipinski definition) is 1. The normalized spacial score (nSPS) is 14.3. The van der Waals surface area contributed by atoms with Gasteiger partial charge in [0.1, 0.15) is 17.2 Å². The van der Waals surface area contributed by atoms with E-state index in [1.807, 2.05) is 34.7 Å². The molecular formula is C13H20N4O2. The van der Waals surface area contributed by atoms with Gasteiger partial charge in [-0.3, -0.25) is 4.90 Å². The second-order valence-electron chi connectivity index (χ2n) is 5.63. The molecule has 2 heterocycles. The molecule has 0 fully saturated rings. The zero-order valence-corrected chi connectivity index (χ0v) is 12.1. The van der Waals surface area contributed by atoms with E-state index >= 15 is 0 Å². The molecule has 1 aliphatic heterocycles. The quantitative estimate of drug-likeness (QED) is 0.841. The largest absolute Gasteiger partial charge is 0.444 e. The molecule has 104 valence electrons. The van der Waals surface area contributed by atoms with Crippen LogP contribution in [0.5, 0.6) is 0 Å². The molecule has 1 aromatic heterocycles. The van der Waals surface area contributed by atoms with Gasteiger partial charge in [0, 0.05) is 12.6 Å². The van der Waals surface area contributed by atoms with E-state index in [9.17, 15) is 4.79 Å². The van der Waals surface area contributed by atoms with E-state index in [4.69, 9.17) is 4.74 Å². The molecule has 1 N–H and O–H groups in total. The van der Waals surface area contributed by atoms with Crippen LogP contribution in [0.4, 0.5) is 10.6 Å². The number of hydrogen-bond acceptors (Lipinski definition) is 5. The summed E-state index contributed by atoms with van der Waals surface area (Å²) in [6, 6.07) is 0. The highest BCUT2D eigenvalue weighted by Crippen LogP contribution is 2.27. The first-order chi connectivity index (χ1) is 8.80. The Hall–Kier alpha value is -1.85. The Bertz CT molecular complexity index is 508. The van der Waals surface area contributed by atoms with Gasteiger partial charge < -0.3 is 10.1 Å². The van der Waals surface area contributed by atoms with Crippen molar-refractivity contribution in [3.8, 4) is 0 Å². The van der Waals surface area contributed by atoms with Crippen LogP contribution in [0.3, 0.4) is 0 Å². The van der Waals surface area contributed by atoms with Crippen LogP contribution in [0.25, 0.3) is 0 Å². The van der Waals surface area contributed by atoms with Crippen LogP contribution in [-0.4, -0.2) is 33.6 Å². The van der Waals surface area contributed by atoms with Gasteiger partial charge in [0.05, 0.1) is 18.8 Å². The summed E-state index contributed by atoms with van der Waals surface area (Å²) in [6.07, 6.45) is -0.315. The number of fused-ring (bicyclic) bond motifs is 1. The smallest absolute Gasteiger partial charge is 0.410 e. The summed E-state index contributed by atoms with van der Waals surface area (Å²) in [6.45, 7) is 8.38. The van der Waals surface area contributed by atoms with E-state index in [0.717, 1.165) is 17.1 Å². The number of aromatic nitrogens is 2. The lowest BCUT2D eigenvalue weighted by atomic mass is 10.2. The molecule has 0 atom stereocenters. The highest BCUT2D eigenvalue weighted by Gasteiger charge is 2.30. The van der Waals surface area contributed by atoms with Crippen LogP contribution < -0.4 is 5.32 Å². The van der Waals surface area contributed by atoms with Crippen LogP contribution in [0, 0.1) is 6.92 Å². The summed E-state index contributed by atoms with van der Waals surface area (Å²) in [5.41, 5.74) is 1.38. The molecule has 2 rings (SSSR count). The lowest BCUT2D eigenvalue weighted by Gasteiger charge is -2.23. The average Bonchev–Trinajstić information content (AvgIpc) is 2.69. The van der Waals surface area contributed by atoms with E-state index in [1.165, 1.54) is 0 Å². The van der Waals surface area contributed by atoms with Crippen molar-refractivity contribution in [3.05, 3.63) is 17.1 Å². The first kappa shape index (κ1) is 13.6. The summed E-state index contributed by atoms with van der Waals surface area (Å²) >= 11 is 0. The Morgan fingerprint density at radius 1 is 1.32 bits per heavy atom. The van der Waals surface area contributed by atoms with Crippen LogP contribution in [0.15, 0.2) is 0 Å². The molecular weight excluding hydrogens is 244 g/mol. The number of carbonyl (C=O) groups is 1. The van der Waals surface area contributed by atoms with E-state index in [1.54, 1.807) is 4.90 Å². The molecule has 6 heteroatoms. The maximum Gasteiger partial charge on any atom is 0.410 e. The first-order valence-corrected chi connectivity index (χ1v) is 6.32. The number of nitrogens with one attached hydrogen (secondary N) is 1. The number of aryl methyl sites for hydroxylation is 1. The molecule has 0 bridgehead atoms. The molecule has 1 aliphatic rings. The molecule has 0 saturated carbocycles. The van der Waals surface area contributed by atoms with Crippen molar-refractivity contribution >= 4 is 11.9 Å². The third-order valence-electron chi connectivity index (χ3n) is 2.78. The van der Waals surface area contributed by atoms with Crippen molar-refractivity contribution in [3.63, 3.8) is 0 Å². The molecule has 1 aromatic rings. The van der Waals surface area contributed by atoms with Gasteiger partial charge in [-0.05, 0) is 27.7 Å². The summed E-state index contributed by atoms with van der Waals surface area (Å²) in [4.78, 5) is 22.4. The van der Waals surface area contributed by atoms with E-state index < -0.39 is 5.60 Å². The average molecular weight is 264 g/mol. The maximum atomic E-state index is 12.0. The van der Waals surface area contributed by atoms with Crippen LogP contribution in [0.1, 0.15) is 37.9 Å². The van der Waals surface area contributed by atoms with Crippen molar-refractivity contribution < 1.29 is 9.53 Å². The Morgan fingerprint density at radius 2 is 2.00 bits per heavy atom. The van der Waals surface area contributed by atoms with Gasteiger partial charge in [0.25, 0.3) is 0 Å². The third-order valence-corrected chi connectivity index (χ3v) is 2.78. The SMILES string of the molecule is CNc1nc(C)nc2c1CN(C(=O)OC(C)(C)C)C2. The number of rotatable bonds is 1. The summed E-state index contributed by atoms with van der Waals surface area (Å²) in [7, 11) is 1.82. The standard InChI is InChI=1S/C13H20N4O2/c1-8-15-10-7-17(12(18)19-13(2,3)4)6-9(10)11(14-5)16-8/h6-7H2,1-5H3,(H,14,15,16). The Kier molecular flexibility index (Phi) is 3.34. The minimum absolute atomic E-state index is 0.315. The number of ether oxygens (including phenoxy) is 1. The van der Waals surface area contributed by atoms with E-state index in [2.05, 4.69) is 15.3 Å². The molecule has 6 nitrogen and oxygen atoms in total. The topological polar surface area (TPSA) is 67.4 Å². The maximum absolute atomic E-state index is 12.0. The van der Waals surface area contributed by atoms with Gasteiger partial charge in [-0.2, -0.15) is 0 Å². The second-order valence-corrected chi connectivity index (χ2v) is 5.63. The van der Waals surface area contributed by atoms with Crippen molar-refractivity contribution in [1.29, 1.82) is 0 Å². The van der Waals surface area contributed by atoms with Gasteiger partial charge in [-0.1, -0.05) is 0 Å². The predicted molar refractivity (Wildman–Crippen MR) is 71.8 cm³/mol.